The molecule has 0 saturated heterocycles. The lowest BCUT2D eigenvalue weighted by Crippen LogP contribution is -2.23. The van der Waals surface area contributed by atoms with Gasteiger partial charge >= 0.3 is 0 Å². The van der Waals surface area contributed by atoms with Crippen molar-refractivity contribution in [2.75, 3.05) is 0 Å². The molecular weight excluding hydrogens is 264 g/mol. The third kappa shape index (κ3) is 3.14. The second-order valence-electron chi connectivity index (χ2n) is 4.52. The number of carbonyl (C=O) groups excluding carboxylic acids is 1. The van der Waals surface area contributed by atoms with Crippen LogP contribution in [0, 0.1) is 0 Å². The minimum Gasteiger partial charge on any atom is -0.347 e. The van der Waals surface area contributed by atoms with Gasteiger partial charge in [0.25, 0.3) is 5.91 Å². The molecule has 1 aromatic heterocycles. The maximum atomic E-state index is 12.0. The fourth-order valence-corrected chi connectivity index (χ4v) is 1.92. The molecule has 0 bridgehead atoms. The van der Waals surface area contributed by atoms with Crippen LogP contribution >= 0.6 is 0 Å². The number of hydrogen-bond donors (Lipinski definition) is 1. The van der Waals surface area contributed by atoms with E-state index in [4.69, 9.17) is 0 Å². The molecule has 0 atom stereocenters. The standard InChI is InChI=1S/C16H14N4O/c21-16(17-11-13-7-3-1-4-8-13)15-12-18-20(19-15)14-9-5-2-6-10-14/h1-10,12H,11H2,(H,17,21). The second-order valence-corrected chi connectivity index (χ2v) is 4.52. The second kappa shape index (κ2) is 6.00. The average Bonchev–Trinajstić information content (AvgIpc) is 3.04. The Morgan fingerprint density at radius 1 is 1.00 bits per heavy atom. The predicted octanol–water partition coefficient (Wildman–Crippen LogP) is 2.20. The van der Waals surface area contributed by atoms with E-state index in [2.05, 4.69) is 15.5 Å². The molecule has 3 rings (SSSR count). The zero-order valence-electron chi connectivity index (χ0n) is 11.3. The van der Waals surface area contributed by atoms with Gasteiger partial charge in [0.15, 0.2) is 5.69 Å². The van der Waals surface area contributed by atoms with Crippen LogP contribution in [0.4, 0.5) is 0 Å². The van der Waals surface area contributed by atoms with Gasteiger partial charge in [0.2, 0.25) is 0 Å². The summed E-state index contributed by atoms with van der Waals surface area (Å²) in [5, 5.41) is 11.1. The van der Waals surface area contributed by atoms with Crippen molar-refractivity contribution in [1.82, 2.24) is 20.3 Å². The van der Waals surface area contributed by atoms with Crippen LogP contribution in [-0.2, 0) is 6.54 Å². The quantitative estimate of drug-likeness (QED) is 0.796. The van der Waals surface area contributed by atoms with Gasteiger partial charge in [-0.15, -0.1) is 5.10 Å². The van der Waals surface area contributed by atoms with E-state index in [1.165, 1.54) is 11.0 Å². The number of nitrogens with one attached hydrogen (secondary N) is 1. The van der Waals surface area contributed by atoms with E-state index < -0.39 is 0 Å². The molecule has 5 nitrogen and oxygen atoms in total. The number of hydrogen-bond acceptors (Lipinski definition) is 3. The van der Waals surface area contributed by atoms with Gasteiger partial charge in [-0.1, -0.05) is 48.5 Å². The molecule has 0 saturated carbocycles. The van der Waals surface area contributed by atoms with E-state index in [9.17, 15) is 4.79 Å². The molecule has 0 aliphatic rings. The van der Waals surface area contributed by atoms with E-state index in [1.807, 2.05) is 60.7 Å². The normalized spacial score (nSPS) is 10.3. The summed E-state index contributed by atoms with van der Waals surface area (Å²) in [6.45, 7) is 0.470. The van der Waals surface area contributed by atoms with Crippen LogP contribution in [0.1, 0.15) is 16.1 Å². The summed E-state index contributed by atoms with van der Waals surface area (Å²) < 4.78 is 0. The Hall–Kier alpha value is -2.95. The van der Waals surface area contributed by atoms with Crippen molar-refractivity contribution in [2.24, 2.45) is 0 Å². The van der Waals surface area contributed by atoms with Crippen LogP contribution in [0.3, 0.4) is 0 Å². The first kappa shape index (κ1) is 13.1. The van der Waals surface area contributed by atoms with E-state index >= 15 is 0 Å². The van der Waals surface area contributed by atoms with Crippen LogP contribution in [0.5, 0.6) is 0 Å². The van der Waals surface area contributed by atoms with Crippen molar-refractivity contribution in [3.05, 3.63) is 78.1 Å². The highest BCUT2D eigenvalue weighted by atomic mass is 16.2. The molecule has 2 aromatic carbocycles. The van der Waals surface area contributed by atoms with Gasteiger partial charge in [-0.25, -0.2) is 0 Å². The van der Waals surface area contributed by atoms with Gasteiger partial charge in [0.1, 0.15) is 0 Å². The molecule has 1 amide bonds. The average molecular weight is 278 g/mol. The Balaban J connectivity index is 1.67. The number of nitrogens with zero attached hydrogens (tertiary/aromatic N) is 3. The van der Waals surface area contributed by atoms with Crippen LogP contribution in [0.15, 0.2) is 66.9 Å². The lowest BCUT2D eigenvalue weighted by Gasteiger charge is -2.02. The molecule has 0 fully saturated rings. The van der Waals surface area contributed by atoms with Crippen molar-refractivity contribution < 1.29 is 4.79 Å². The molecule has 21 heavy (non-hydrogen) atoms. The van der Waals surface area contributed by atoms with Gasteiger partial charge < -0.3 is 5.32 Å². The highest BCUT2D eigenvalue weighted by molar-refractivity contribution is 5.91. The molecule has 1 heterocycles. The topological polar surface area (TPSA) is 59.8 Å². The van der Waals surface area contributed by atoms with Crippen molar-refractivity contribution in [2.45, 2.75) is 6.54 Å². The number of amides is 1. The Bertz CT molecular complexity index is 722. The number of rotatable bonds is 4. The maximum absolute atomic E-state index is 12.0. The summed E-state index contributed by atoms with van der Waals surface area (Å²) in [6.07, 6.45) is 1.47. The zero-order valence-corrected chi connectivity index (χ0v) is 11.3. The summed E-state index contributed by atoms with van der Waals surface area (Å²) in [6, 6.07) is 19.2. The predicted molar refractivity (Wildman–Crippen MR) is 79.0 cm³/mol. The van der Waals surface area contributed by atoms with Gasteiger partial charge in [-0.05, 0) is 17.7 Å². The van der Waals surface area contributed by atoms with Crippen LogP contribution in [0.25, 0.3) is 5.69 Å². The summed E-state index contributed by atoms with van der Waals surface area (Å²) in [7, 11) is 0. The van der Waals surface area contributed by atoms with Gasteiger partial charge in [-0.2, -0.15) is 9.90 Å². The smallest absolute Gasteiger partial charge is 0.273 e. The SMILES string of the molecule is O=C(NCc1ccccc1)c1cnn(-c2ccccc2)n1. The van der Waals surface area contributed by atoms with Crippen LogP contribution in [-0.4, -0.2) is 20.9 Å². The fourth-order valence-electron chi connectivity index (χ4n) is 1.92. The molecule has 0 radical (unpaired) electrons. The number of benzene rings is 2. The Morgan fingerprint density at radius 3 is 2.38 bits per heavy atom. The maximum Gasteiger partial charge on any atom is 0.273 e. The van der Waals surface area contributed by atoms with E-state index in [0.717, 1.165) is 11.3 Å². The molecule has 3 aromatic rings. The zero-order chi connectivity index (χ0) is 14.5. The first-order valence-corrected chi connectivity index (χ1v) is 6.63. The number of para-hydroxylation sites is 1. The molecular formula is C16H14N4O. The molecule has 5 heteroatoms. The van der Waals surface area contributed by atoms with Crippen molar-refractivity contribution in [3.63, 3.8) is 0 Å². The van der Waals surface area contributed by atoms with Crippen molar-refractivity contribution in [3.8, 4) is 5.69 Å². The Kier molecular flexibility index (Phi) is 3.73. The van der Waals surface area contributed by atoms with Gasteiger partial charge in [0.05, 0.1) is 11.9 Å². The minimum absolute atomic E-state index is 0.235. The molecule has 104 valence electrons. The first-order chi connectivity index (χ1) is 10.3. The van der Waals surface area contributed by atoms with Gasteiger partial charge in [0, 0.05) is 6.54 Å². The van der Waals surface area contributed by atoms with Crippen molar-refractivity contribution >= 4 is 5.91 Å². The molecule has 0 aliphatic heterocycles. The lowest BCUT2D eigenvalue weighted by atomic mass is 10.2. The number of aromatic nitrogens is 3. The molecule has 1 N–H and O–H groups in total. The Morgan fingerprint density at radius 2 is 1.67 bits per heavy atom. The van der Waals surface area contributed by atoms with E-state index in [-0.39, 0.29) is 5.91 Å². The van der Waals surface area contributed by atoms with Crippen LogP contribution < -0.4 is 5.32 Å². The molecule has 0 unspecified atom stereocenters. The molecule has 0 aliphatic carbocycles. The third-order valence-electron chi connectivity index (χ3n) is 3.01. The van der Waals surface area contributed by atoms with Crippen LogP contribution in [0.2, 0.25) is 0 Å². The van der Waals surface area contributed by atoms with Crippen molar-refractivity contribution in [1.29, 1.82) is 0 Å². The monoisotopic (exact) mass is 278 g/mol. The molecule has 0 spiro atoms. The summed E-state index contributed by atoms with van der Waals surface area (Å²) in [4.78, 5) is 13.5. The highest BCUT2D eigenvalue weighted by Gasteiger charge is 2.10. The Labute approximate surface area is 122 Å². The summed E-state index contributed by atoms with van der Waals surface area (Å²) in [5.74, 6) is -0.235. The first-order valence-electron chi connectivity index (χ1n) is 6.63. The third-order valence-corrected chi connectivity index (χ3v) is 3.01. The highest BCUT2D eigenvalue weighted by Crippen LogP contribution is 2.04. The number of carbonyl (C=O) groups is 1. The van der Waals surface area contributed by atoms with E-state index in [1.54, 1.807) is 0 Å². The summed E-state index contributed by atoms with van der Waals surface area (Å²) in [5.41, 5.74) is 2.16. The largest absolute Gasteiger partial charge is 0.347 e. The minimum atomic E-state index is -0.235. The van der Waals surface area contributed by atoms with Gasteiger partial charge in [-0.3, -0.25) is 4.79 Å². The van der Waals surface area contributed by atoms with E-state index in [0.29, 0.717) is 12.2 Å². The summed E-state index contributed by atoms with van der Waals surface area (Å²) >= 11 is 0. The fraction of sp³-hybridized carbons (Fsp3) is 0.0625. The lowest BCUT2D eigenvalue weighted by molar-refractivity contribution is 0.0945.